The van der Waals surface area contributed by atoms with E-state index in [2.05, 4.69) is 0 Å². The van der Waals surface area contributed by atoms with Crippen molar-refractivity contribution < 1.29 is 27.4 Å². The Balaban J connectivity index is 3.17. The molecule has 0 radical (unpaired) electrons. The molecule has 1 unspecified atom stereocenters. The Hall–Kier alpha value is -1.76. The molecule has 0 heterocycles. The molecule has 1 rings (SSSR count). The van der Waals surface area contributed by atoms with Gasteiger partial charge >= 0.3 is 5.97 Å². The van der Waals surface area contributed by atoms with Crippen LogP contribution in [0.15, 0.2) is 18.2 Å². The van der Waals surface area contributed by atoms with E-state index in [0.29, 0.717) is 23.7 Å². The summed E-state index contributed by atoms with van der Waals surface area (Å²) >= 11 is 0. The second-order valence-electron chi connectivity index (χ2n) is 4.53. The van der Waals surface area contributed by atoms with Crippen molar-refractivity contribution in [3.05, 3.63) is 23.8 Å². The van der Waals surface area contributed by atoms with Crippen molar-refractivity contribution in [3.63, 3.8) is 0 Å². The molecule has 0 aliphatic heterocycles. The highest BCUT2D eigenvalue weighted by atomic mass is 32.2. The number of ether oxygens (including phenoxy) is 3. The number of sulfone groups is 1. The number of esters is 1. The summed E-state index contributed by atoms with van der Waals surface area (Å²) in [6.45, 7) is 3.50. The smallest absolute Gasteiger partial charge is 0.303 e. The number of methoxy groups -OCH3 is 1. The molecule has 0 fully saturated rings. The van der Waals surface area contributed by atoms with E-state index < -0.39 is 21.9 Å². The van der Waals surface area contributed by atoms with Gasteiger partial charge in [-0.25, -0.2) is 8.42 Å². The molecule has 7 heteroatoms. The monoisotopic (exact) mass is 316 g/mol. The third kappa shape index (κ3) is 5.63. The standard InChI is InChI=1S/C14H20O6S/c1-5-19-13-8-11(6-7-12(13)18-3)14(20-10(2)15)9-21(4,16)17/h6-8,14H,5,9H2,1-4H3. The molecule has 0 saturated carbocycles. The van der Waals surface area contributed by atoms with Crippen LogP contribution < -0.4 is 9.47 Å². The van der Waals surface area contributed by atoms with Crippen molar-refractivity contribution in [2.24, 2.45) is 0 Å². The minimum absolute atomic E-state index is 0.287. The molecule has 0 amide bonds. The summed E-state index contributed by atoms with van der Waals surface area (Å²) in [5.74, 6) is 0.173. The Kier molecular flexibility index (Phi) is 6.02. The summed E-state index contributed by atoms with van der Waals surface area (Å²) in [4.78, 5) is 11.2. The van der Waals surface area contributed by atoms with Gasteiger partial charge in [-0.2, -0.15) is 0 Å². The largest absolute Gasteiger partial charge is 0.493 e. The fourth-order valence-electron chi connectivity index (χ4n) is 1.84. The van der Waals surface area contributed by atoms with Crippen LogP contribution in [0.4, 0.5) is 0 Å². The van der Waals surface area contributed by atoms with Gasteiger partial charge in [0.2, 0.25) is 0 Å². The van der Waals surface area contributed by atoms with Crippen molar-refractivity contribution >= 4 is 15.8 Å². The van der Waals surface area contributed by atoms with Crippen molar-refractivity contribution in [2.75, 3.05) is 25.7 Å². The Morgan fingerprint density at radius 2 is 1.95 bits per heavy atom. The van der Waals surface area contributed by atoms with Crippen molar-refractivity contribution in [2.45, 2.75) is 20.0 Å². The predicted octanol–water partition coefficient (Wildman–Crippen LogP) is 1.74. The van der Waals surface area contributed by atoms with Gasteiger partial charge in [0.15, 0.2) is 21.3 Å². The highest BCUT2D eigenvalue weighted by molar-refractivity contribution is 7.90. The van der Waals surface area contributed by atoms with Crippen LogP contribution in [0.25, 0.3) is 0 Å². The van der Waals surface area contributed by atoms with E-state index in [0.717, 1.165) is 6.26 Å². The summed E-state index contributed by atoms with van der Waals surface area (Å²) in [5, 5.41) is 0. The lowest BCUT2D eigenvalue weighted by atomic mass is 10.1. The maximum atomic E-state index is 11.5. The Morgan fingerprint density at radius 3 is 2.43 bits per heavy atom. The molecule has 6 nitrogen and oxygen atoms in total. The summed E-state index contributed by atoms with van der Waals surface area (Å²) in [7, 11) is -1.80. The fraction of sp³-hybridized carbons (Fsp3) is 0.500. The van der Waals surface area contributed by atoms with E-state index in [1.807, 2.05) is 6.92 Å². The van der Waals surface area contributed by atoms with Crippen LogP contribution in [-0.4, -0.2) is 40.1 Å². The number of carbonyl (C=O) groups is 1. The van der Waals surface area contributed by atoms with Crippen molar-refractivity contribution in [1.29, 1.82) is 0 Å². The second kappa shape index (κ2) is 7.31. The van der Waals surface area contributed by atoms with Crippen molar-refractivity contribution in [1.82, 2.24) is 0 Å². The average Bonchev–Trinajstić information content (AvgIpc) is 2.36. The molecule has 0 aliphatic carbocycles. The lowest BCUT2D eigenvalue weighted by Crippen LogP contribution is -2.18. The van der Waals surface area contributed by atoms with Gasteiger partial charge in [-0.15, -0.1) is 0 Å². The molecular formula is C14H20O6S. The maximum Gasteiger partial charge on any atom is 0.303 e. The molecule has 21 heavy (non-hydrogen) atoms. The molecule has 0 bridgehead atoms. The molecule has 1 aromatic rings. The average molecular weight is 316 g/mol. The van der Waals surface area contributed by atoms with E-state index >= 15 is 0 Å². The molecule has 0 spiro atoms. The van der Waals surface area contributed by atoms with Gasteiger partial charge in [-0.05, 0) is 24.6 Å². The third-order valence-corrected chi connectivity index (χ3v) is 3.53. The lowest BCUT2D eigenvalue weighted by molar-refractivity contribution is -0.145. The van der Waals surface area contributed by atoms with Crippen LogP contribution in [0.1, 0.15) is 25.5 Å². The van der Waals surface area contributed by atoms with Gasteiger partial charge in [-0.3, -0.25) is 4.79 Å². The van der Waals surface area contributed by atoms with Crippen LogP contribution >= 0.6 is 0 Å². The van der Waals surface area contributed by atoms with Gasteiger partial charge in [0.25, 0.3) is 0 Å². The fourth-order valence-corrected chi connectivity index (χ4v) is 2.65. The molecule has 0 aliphatic rings. The summed E-state index contributed by atoms with van der Waals surface area (Å²) < 4.78 is 38.7. The second-order valence-corrected chi connectivity index (χ2v) is 6.72. The molecule has 118 valence electrons. The van der Waals surface area contributed by atoms with Gasteiger partial charge in [-0.1, -0.05) is 6.07 Å². The molecule has 1 atom stereocenters. The Bertz CT molecular complexity index is 593. The molecular weight excluding hydrogens is 296 g/mol. The van der Waals surface area contributed by atoms with Gasteiger partial charge < -0.3 is 14.2 Å². The van der Waals surface area contributed by atoms with E-state index in [9.17, 15) is 13.2 Å². The summed E-state index contributed by atoms with van der Waals surface area (Å²) in [6, 6.07) is 4.93. The molecule has 0 N–H and O–H groups in total. The van der Waals surface area contributed by atoms with Crippen LogP contribution in [0, 0.1) is 0 Å². The van der Waals surface area contributed by atoms with Crippen LogP contribution in [0.2, 0.25) is 0 Å². The van der Waals surface area contributed by atoms with Crippen LogP contribution in [0.5, 0.6) is 11.5 Å². The first kappa shape index (κ1) is 17.3. The van der Waals surface area contributed by atoms with Crippen molar-refractivity contribution in [3.8, 4) is 11.5 Å². The Labute approximate surface area is 124 Å². The minimum Gasteiger partial charge on any atom is -0.493 e. The van der Waals surface area contributed by atoms with E-state index in [1.165, 1.54) is 14.0 Å². The maximum absolute atomic E-state index is 11.5. The SMILES string of the molecule is CCOc1cc(C(CS(C)(=O)=O)OC(C)=O)ccc1OC. The number of hydrogen-bond donors (Lipinski definition) is 0. The van der Waals surface area contributed by atoms with E-state index in [-0.39, 0.29) is 5.75 Å². The van der Waals surface area contributed by atoms with Gasteiger partial charge in [0.1, 0.15) is 6.10 Å². The molecule has 1 aromatic carbocycles. The van der Waals surface area contributed by atoms with E-state index in [4.69, 9.17) is 14.2 Å². The quantitative estimate of drug-likeness (QED) is 0.713. The molecule has 0 aromatic heterocycles. The lowest BCUT2D eigenvalue weighted by Gasteiger charge is -2.18. The predicted molar refractivity (Wildman–Crippen MR) is 78.4 cm³/mol. The first-order chi connectivity index (χ1) is 9.76. The number of hydrogen-bond acceptors (Lipinski definition) is 6. The zero-order valence-corrected chi connectivity index (χ0v) is 13.4. The van der Waals surface area contributed by atoms with Crippen LogP contribution in [-0.2, 0) is 19.4 Å². The van der Waals surface area contributed by atoms with E-state index in [1.54, 1.807) is 18.2 Å². The van der Waals surface area contributed by atoms with Gasteiger partial charge in [0.05, 0.1) is 19.5 Å². The Morgan fingerprint density at radius 1 is 1.29 bits per heavy atom. The topological polar surface area (TPSA) is 78.9 Å². The highest BCUT2D eigenvalue weighted by Crippen LogP contribution is 2.32. The number of carbonyl (C=O) groups excluding carboxylic acids is 1. The van der Waals surface area contributed by atoms with Gasteiger partial charge in [0, 0.05) is 13.2 Å². The highest BCUT2D eigenvalue weighted by Gasteiger charge is 2.22. The summed E-state index contributed by atoms with van der Waals surface area (Å²) in [5.41, 5.74) is 0.542. The summed E-state index contributed by atoms with van der Waals surface area (Å²) in [6.07, 6.45) is 0.221. The number of rotatable bonds is 7. The zero-order chi connectivity index (χ0) is 16.0. The third-order valence-electron chi connectivity index (χ3n) is 2.62. The first-order valence-electron chi connectivity index (χ1n) is 6.42. The first-order valence-corrected chi connectivity index (χ1v) is 8.48. The normalized spacial score (nSPS) is 12.6. The zero-order valence-electron chi connectivity index (χ0n) is 12.6. The number of benzene rings is 1. The van der Waals surface area contributed by atoms with Crippen LogP contribution in [0.3, 0.4) is 0 Å². The minimum atomic E-state index is -3.31. The molecule has 0 saturated heterocycles.